The van der Waals surface area contributed by atoms with Crippen LogP contribution in [-0.4, -0.2) is 74.3 Å². The highest BCUT2D eigenvalue weighted by atomic mass is 31.2. The van der Waals surface area contributed by atoms with Crippen molar-refractivity contribution in [1.29, 1.82) is 0 Å². The van der Waals surface area contributed by atoms with Crippen LogP contribution in [0.3, 0.4) is 0 Å². The fourth-order valence-corrected chi connectivity index (χ4v) is 9.85. The summed E-state index contributed by atoms with van der Waals surface area (Å²) in [5, 5.41) is 3.06. The number of nitrogens with one attached hydrogen (secondary N) is 1. The number of allylic oxidation sites excluding steroid dienone is 3. The number of likely N-dealkylation sites (N-methyl/N-ethyl adjacent to an activating group) is 1. The minimum atomic E-state index is -4.44. The van der Waals surface area contributed by atoms with Gasteiger partial charge in [0.2, 0.25) is 5.91 Å². The summed E-state index contributed by atoms with van der Waals surface area (Å²) in [6.07, 6.45) is 60.2. The summed E-state index contributed by atoms with van der Waals surface area (Å²) in [7, 11) is 1.51. The second-order valence-corrected chi connectivity index (χ2v) is 23.7. The number of amides is 1. The van der Waals surface area contributed by atoms with Crippen molar-refractivity contribution in [2.75, 3.05) is 40.9 Å². The molecule has 1 amide bonds. The van der Waals surface area contributed by atoms with Crippen LogP contribution in [0, 0.1) is 0 Å². The lowest BCUT2D eigenvalue weighted by molar-refractivity contribution is -0.870. The Labute approximate surface area is 441 Å². The highest BCUT2D eigenvalue weighted by Crippen LogP contribution is 2.43. The number of hydrogen-bond donors (Lipinski definition) is 2. The smallest absolute Gasteiger partial charge is 0.456 e. The number of hydrogen-bond acceptors (Lipinski definition) is 6. The minimum absolute atomic E-state index is 0.0428. The van der Waals surface area contributed by atoms with E-state index in [2.05, 4.69) is 38.2 Å². The summed E-state index contributed by atoms with van der Waals surface area (Å²) < 4.78 is 30.7. The van der Waals surface area contributed by atoms with E-state index in [1.165, 1.54) is 212 Å². The number of phosphoric ester groups is 1. The van der Waals surface area contributed by atoms with Crippen LogP contribution in [0.5, 0.6) is 0 Å². The van der Waals surface area contributed by atoms with Crippen molar-refractivity contribution in [1.82, 2.24) is 5.32 Å². The largest absolute Gasteiger partial charge is 0.472 e. The highest BCUT2D eigenvalue weighted by molar-refractivity contribution is 7.47. The quantitative estimate of drug-likeness (QED) is 0.0205. The van der Waals surface area contributed by atoms with Crippen LogP contribution in [0.4, 0.5) is 0 Å². The van der Waals surface area contributed by atoms with Crippen LogP contribution in [0.1, 0.15) is 303 Å². The first-order valence-corrected chi connectivity index (χ1v) is 32.2. The van der Waals surface area contributed by atoms with Gasteiger partial charge in [-0.25, -0.2) is 4.57 Å². The zero-order chi connectivity index (χ0) is 52.2. The molecular formula is C61H120N2O7P+. The molecule has 0 bridgehead atoms. The molecular weight excluding hydrogens is 904 g/mol. The Morgan fingerprint density at radius 3 is 1.20 bits per heavy atom. The Kier molecular flexibility index (Phi) is 50.8. The Balaban J connectivity index is 5.29. The molecule has 0 heterocycles. The van der Waals surface area contributed by atoms with Gasteiger partial charge in [-0.3, -0.25) is 18.6 Å². The maximum Gasteiger partial charge on any atom is 0.472 e. The topological polar surface area (TPSA) is 111 Å². The SMILES string of the molecule is CCCCCCCC/C=C/CCCCCCCCCC(=O)NC(COP(=O)(O)OCC[N+](C)(C)C)C(/C=C/CCCCCCCCCCCCC)OC(=O)CCCCCCCCCCCCCCCCC. The first-order chi connectivity index (χ1) is 34.4. The van der Waals surface area contributed by atoms with Gasteiger partial charge < -0.3 is 19.4 Å². The summed E-state index contributed by atoms with van der Waals surface area (Å²) in [6, 6.07) is -0.844. The Bertz CT molecular complexity index is 1270. The molecule has 2 N–H and O–H groups in total. The maximum absolute atomic E-state index is 13.5. The number of rotatable bonds is 56. The lowest BCUT2D eigenvalue weighted by Gasteiger charge is -2.27. The number of ether oxygens (including phenoxy) is 1. The summed E-state index contributed by atoms with van der Waals surface area (Å²) in [4.78, 5) is 37.7. The van der Waals surface area contributed by atoms with Crippen LogP contribution in [0.15, 0.2) is 24.3 Å². The monoisotopic (exact) mass is 1020 g/mol. The van der Waals surface area contributed by atoms with Crippen molar-refractivity contribution in [2.24, 2.45) is 0 Å². The maximum atomic E-state index is 13.5. The molecule has 0 saturated heterocycles. The summed E-state index contributed by atoms with van der Waals surface area (Å²) >= 11 is 0. The minimum Gasteiger partial charge on any atom is -0.456 e. The molecule has 0 aliphatic rings. The second-order valence-electron chi connectivity index (χ2n) is 22.2. The van der Waals surface area contributed by atoms with Gasteiger partial charge in [-0.1, -0.05) is 257 Å². The lowest BCUT2D eigenvalue weighted by atomic mass is 10.0. The van der Waals surface area contributed by atoms with Gasteiger partial charge in [-0.15, -0.1) is 0 Å². The van der Waals surface area contributed by atoms with E-state index in [4.69, 9.17) is 13.8 Å². The normalized spacial score (nSPS) is 13.8. The van der Waals surface area contributed by atoms with Crippen LogP contribution in [-0.2, 0) is 27.9 Å². The molecule has 9 nitrogen and oxygen atoms in total. The highest BCUT2D eigenvalue weighted by Gasteiger charge is 2.30. The third-order valence-corrected chi connectivity index (χ3v) is 14.9. The first-order valence-electron chi connectivity index (χ1n) is 30.7. The molecule has 0 aliphatic heterocycles. The lowest BCUT2D eigenvalue weighted by Crippen LogP contribution is -2.47. The fraction of sp³-hybridized carbons (Fsp3) is 0.902. The van der Waals surface area contributed by atoms with Crippen LogP contribution in [0.25, 0.3) is 0 Å². The van der Waals surface area contributed by atoms with E-state index in [1.54, 1.807) is 0 Å². The standard InChI is InChI=1S/C61H119N2O7P/c1-7-10-13-16-19-22-25-28-30-31-33-35-38-41-44-47-50-53-60(64)62-58(57-69-71(66,67)68-56-55-63(4,5)6)59(52-49-46-43-40-37-34-27-24-21-18-15-12-9-3)70-61(65)54-51-48-45-42-39-36-32-29-26-23-20-17-14-11-8-2/h28,30,49,52,58-59H,7-27,29,31-48,50-51,53-57H2,1-6H3,(H-,62,64,66,67)/p+1/b30-28+,52-49+. The number of quaternary nitrogens is 1. The van der Waals surface area contributed by atoms with E-state index in [9.17, 15) is 19.0 Å². The van der Waals surface area contributed by atoms with Gasteiger partial charge in [-0.05, 0) is 57.4 Å². The van der Waals surface area contributed by atoms with Crippen molar-refractivity contribution in [3.63, 3.8) is 0 Å². The number of esters is 1. The molecule has 0 aromatic rings. The zero-order valence-electron chi connectivity index (χ0n) is 48.0. The van der Waals surface area contributed by atoms with Gasteiger partial charge in [-0.2, -0.15) is 0 Å². The molecule has 420 valence electrons. The number of carbonyl (C=O) groups excluding carboxylic acids is 2. The molecule has 0 aromatic heterocycles. The number of unbranched alkanes of at least 4 members (excludes halogenated alkanes) is 38. The average Bonchev–Trinajstić information content (AvgIpc) is 3.33. The Morgan fingerprint density at radius 2 is 0.817 bits per heavy atom. The molecule has 3 unspecified atom stereocenters. The van der Waals surface area contributed by atoms with E-state index < -0.39 is 20.0 Å². The van der Waals surface area contributed by atoms with Crippen molar-refractivity contribution in [3.05, 3.63) is 24.3 Å². The number of carbonyl (C=O) groups is 2. The molecule has 3 atom stereocenters. The van der Waals surface area contributed by atoms with Gasteiger partial charge in [0.05, 0.1) is 33.8 Å². The molecule has 0 saturated carbocycles. The van der Waals surface area contributed by atoms with Gasteiger partial charge in [0.25, 0.3) is 0 Å². The number of nitrogens with zero attached hydrogens (tertiary/aromatic N) is 1. The van der Waals surface area contributed by atoms with Gasteiger partial charge in [0.1, 0.15) is 19.3 Å². The molecule has 0 spiro atoms. The van der Waals surface area contributed by atoms with Gasteiger partial charge in [0, 0.05) is 12.8 Å². The third-order valence-electron chi connectivity index (χ3n) is 13.9. The molecule has 0 aromatic carbocycles. The number of phosphoric acid groups is 1. The first kappa shape index (κ1) is 69.5. The second kappa shape index (κ2) is 52.0. The predicted molar refractivity (Wildman–Crippen MR) is 305 cm³/mol. The summed E-state index contributed by atoms with van der Waals surface area (Å²) in [6.45, 7) is 7.04. The fourth-order valence-electron chi connectivity index (χ4n) is 9.11. The molecule has 10 heteroatoms. The predicted octanol–water partition coefficient (Wildman–Crippen LogP) is 18.6. The van der Waals surface area contributed by atoms with Crippen LogP contribution in [0.2, 0.25) is 0 Å². The van der Waals surface area contributed by atoms with Crippen molar-refractivity contribution < 1.29 is 37.3 Å². The van der Waals surface area contributed by atoms with Crippen LogP contribution >= 0.6 is 7.82 Å². The molecule has 71 heavy (non-hydrogen) atoms. The summed E-state index contributed by atoms with van der Waals surface area (Å²) in [5.41, 5.74) is 0. The van der Waals surface area contributed by atoms with Gasteiger partial charge in [0.15, 0.2) is 0 Å². The zero-order valence-corrected chi connectivity index (χ0v) is 48.9. The molecule has 0 aliphatic carbocycles. The van der Waals surface area contributed by atoms with Crippen molar-refractivity contribution >= 4 is 19.7 Å². The van der Waals surface area contributed by atoms with E-state index in [-0.39, 0.29) is 25.1 Å². The van der Waals surface area contributed by atoms with E-state index in [0.717, 1.165) is 57.8 Å². The Morgan fingerprint density at radius 1 is 0.479 bits per heavy atom. The molecule has 0 radical (unpaired) electrons. The van der Waals surface area contributed by atoms with Crippen LogP contribution < -0.4 is 5.32 Å². The summed E-state index contributed by atoms with van der Waals surface area (Å²) in [5.74, 6) is -0.494. The average molecular weight is 1020 g/mol. The van der Waals surface area contributed by atoms with E-state index in [1.807, 2.05) is 33.3 Å². The Hall–Kier alpha value is -1.51. The van der Waals surface area contributed by atoms with Crippen molar-refractivity contribution in [3.8, 4) is 0 Å². The molecule has 0 rings (SSSR count). The van der Waals surface area contributed by atoms with E-state index in [0.29, 0.717) is 23.9 Å². The van der Waals surface area contributed by atoms with Crippen molar-refractivity contribution in [2.45, 2.75) is 315 Å². The molecule has 0 fully saturated rings. The van der Waals surface area contributed by atoms with Gasteiger partial charge >= 0.3 is 13.8 Å². The van der Waals surface area contributed by atoms with E-state index >= 15 is 0 Å². The third kappa shape index (κ3) is 53.1.